The summed E-state index contributed by atoms with van der Waals surface area (Å²) in [6.45, 7) is 18.1. The number of phenols is 1. The fourth-order valence-corrected chi connectivity index (χ4v) is 14.3. The number of rotatable bonds is 4. The van der Waals surface area contributed by atoms with Gasteiger partial charge in [-0.1, -0.05) is 52.8 Å². The van der Waals surface area contributed by atoms with Gasteiger partial charge in [0.15, 0.2) is 0 Å². The highest BCUT2D eigenvalue weighted by molar-refractivity contribution is 7.17. The molecule has 2 heterocycles. The van der Waals surface area contributed by atoms with Crippen molar-refractivity contribution >= 4 is 35.9 Å². The van der Waals surface area contributed by atoms with Gasteiger partial charge in [-0.05, 0) is 71.8 Å². The fourth-order valence-electron chi connectivity index (χ4n) is 5.63. The van der Waals surface area contributed by atoms with Gasteiger partial charge >= 0.3 is 0 Å². The first-order valence-electron chi connectivity index (χ1n) is 11.1. The van der Waals surface area contributed by atoms with Crippen molar-refractivity contribution in [3.8, 4) is 16.9 Å². The van der Waals surface area contributed by atoms with Gasteiger partial charge in [0, 0.05) is 25.0 Å². The number of aromatic hydroxyl groups is 1. The minimum absolute atomic E-state index is 0.0339. The maximum atomic E-state index is 11.4. The summed E-state index contributed by atoms with van der Waals surface area (Å²) in [7, 11) is -2.05. The normalized spacial score (nSPS) is 14.3. The maximum absolute atomic E-state index is 11.4. The monoisotopic (exact) mass is 454 g/mol. The largest absolute Gasteiger partial charge is 0.508 e. The summed E-state index contributed by atoms with van der Waals surface area (Å²) in [6.07, 6.45) is 0. The molecule has 0 amide bonds. The van der Waals surface area contributed by atoms with Crippen LogP contribution in [0.3, 0.4) is 0 Å². The number of thiophene rings is 2. The lowest BCUT2D eigenvalue weighted by atomic mass is 9.84. The third-order valence-electron chi connectivity index (χ3n) is 7.08. The average Bonchev–Trinajstić information content (AvgIpc) is 3.29. The van der Waals surface area contributed by atoms with Gasteiger partial charge in [0.25, 0.3) is 0 Å². The Hall–Kier alpha value is -1.36. The summed E-state index contributed by atoms with van der Waals surface area (Å²) < 4.78 is 0. The van der Waals surface area contributed by atoms with E-state index < -0.39 is 8.07 Å². The lowest BCUT2D eigenvalue weighted by Crippen LogP contribution is -2.52. The molecule has 0 bridgehead atoms. The molecule has 0 unspecified atom stereocenters. The SMILES string of the molecule is CC[Si](CC)(c1cc(C)c(C(C)(C)C)cc1O)C1c2sc(C)cc2-c2cc(C)sc21. The van der Waals surface area contributed by atoms with Gasteiger partial charge in [-0.15, -0.1) is 22.7 Å². The summed E-state index contributed by atoms with van der Waals surface area (Å²) in [5, 5.41) is 12.6. The smallest absolute Gasteiger partial charge is 0.115 e. The first kappa shape index (κ1) is 21.9. The van der Waals surface area contributed by atoms with E-state index in [1.807, 2.05) is 22.7 Å². The van der Waals surface area contributed by atoms with Crippen molar-refractivity contribution in [2.45, 2.75) is 78.4 Å². The van der Waals surface area contributed by atoms with E-state index in [1.165, 1.54) is 37.2 Å². The molecule has 1 nitrogen and oxygen atoms in total. The maximum Gasteiger partial charge on any atom is 0.115 e. The Bertz CT molecular complexity index is 1060. The van der Waals surface area contributed by atoms with Crippen LogP contribution in [0.1, 0.15) is 70.8 Å². The summed E-state index contributed by atoms with van der Waals surface area (Å²) in [5.41, 5.74) is 5.99. The third kappa shape index (κ3) is 3.14. The Morgan fingerprint density at radius 2 is 1.37 bits per heavy atom. The number of fused-ring (bicyclic) bond motifs is 3. The molecule has 1 aromatic carbocycles. The molecule has 30 heavy (non-hydrogen) atoms. The topological polar surface area (TPSA) is 20.2 Å². The average molecular weight is 455 g/mol. The standard InChI is InChI=1S/C26H34OS2Si/c1-9-30(10-2,22-11-15(3)20(14-21(22)27)26(6,7)8)25-23-18(12-16(4)28-23)19-13-17(5)29-24(19)25/h11-14,25,27H,9-10H2,1-8H3. The zero-order valence-electron chi connectivity index (χ0n) is 19.6. The lowest BCUT2D eigenvalue weighted by molar-refractivity contribution is 0.474. The predicted molar refractivity (Wildman–Crippen MR) is 137 cm³/mol. The van der Waals surface area contributed by atoms with E-state index in [0.29, 0.717) is 11.3 Å². The van der Waals surface area contributed by atoms with Gasteiger partial charge in [-0.2, -0.15) is 0 Å². The quantitative estimate of drug-likeness (QED) is 0.399. The molecule has 2 aromatic heterocycles. The molecule has 0 radical (unpaired) electrons. The molecule has 0 fully saturated rings. The molecule has 0 saturated heterocycles. The van der Waals surface area contributed by atoms with Gasteiger partial charge in [0.1, 0.15) is 13.8 Å². The summed E-state index contributed by atoms with van der Waals surface area (Å²) >= 11 is 3.96. The number of hydrogen-bond donors (Lipinski definition) is 1. The Kier molecular flexibility index (Phi) is 5.36. The van der Waals surface area contributed by atoms with Crippen LogP contribution in [0, 0.1) is 20.8 Å². The van der Waals surface area contributed by atoms with Crippen LogP contribution in [0.15, 0.2) is 24.3 Å². The first-order valence-corrected chi connectivity index (χ1v) is 15.2. The highest BCUT2D eigenvalue weighted by Crippen LogP contribution is 2.57. The number of phenolic OH excluding ortho intramolecular Hbond substituents is 1. The van der Waals surface area contributed by atoms with E-state index in [9.17, 15) is 5.11 Å². The van der Waals surface area contributed by atoms with Gasteiger partial charge in [0.2, 0.25) is 0 Å². The molecule has 0 atom stereocenters. The second kappa shape index (κ2) is 7.35. The Morgan fingerprint density at radius 1 is 0.867 bits per heavy atom. The molecular weight excluding hydrogens is 421 g/mol. The Balaban J connectivity index is 1.98. The van der Waals surface area contributed by atoms with Gasteiger partial charge in [-0.3, -0.25) is 0 Å². The van der Waals surface area contributed by atoms with Crippen molar-refractivity contribution in [3.63, 3.8) is 0 Å². The summed E-state index contributed by atoms with van der Waals surface area (Å²) in [4.78, 5) is 5.92. The molecule has 3 aromatic rings. The van der Waals surface area contributed by atoms with Crippen molar-refractivity contribution in [1.29, 1.82) is 0 Å². The molecule has 1 N–H and O–H groups in total. The van der Waals surface area contributed by atoms with Crippen LogP contribution in [-0.4, -0.2) is 13.2 Å². The van der Waals surface area contributed by atoms with Crippen LogP contribution in [0.2, 0.25) is 12.1 Å². The van der Waals surface area contributed by atoms with Crippen molar-refractivity contribution < 1.29 is 5.11 Å². The molecule has 0 spiro atoms. The van der Waals surface area contributed by atoms with Crippen LogP contribution < -0.4 is 5.19 Å². The molecular formula is C26H34OS2Si. The minimum Gasteiger partial charge on any atom is -0.508 e. The number of hydrogen-bond acceptors (Lipinski definition) is 3. The molecule has 4 rings (SSSR count). The zero-order chi connectivity index (χ0) is 22.0. The van der Waals surface area contributed by atoms with Crippen molar-refractivity contribution in [3.05, 3.63) is 54.9 Å². The Morgan fingerprint density at radius 3 is 1.80 bits per heavy atom. The number of benzene rings is 1. The number of aryl methyl sites for hydroxylation is 3. The highest BCUT2D eigenvalue weighted by Gasteiger charge is 2.49. The van der Waals surface area contributed by atoms with E-state index in [0.717, 1.165) is 12.1 Å². The summed E-state index contributed by atoms with van der Waals surface area (Å²) in [5.74, 6) is 0.525. The molecule has 1 aliphatic carbocycles. The van der Waals surface area contributed by atoms with Gasteiger partial charge < -0.3 is 5.11 Å². The van der Waals surface area contributed by atoms with Crippen LogP contribution in [0.5, 0.6) is 5.75 Å². The molecule has 4 heteroatoms. The minimum atomic E-state index is -2.05. The summed E-state index contributed by atoms with van der Waals surface area (Å²) in [6, 6.07) is 11.5. The van der Waals surface area contributed by atoms with Gasteiger partial charge in [0.05, 0.1) is 0 Å². The fraction of sp³-hybridized carbons (Fsp3) is 0.462. The lowest BCUT2D eigenvalue weighted by Gasteiger charge is -2.38. The third-order valence-corrected chi connectivity index (χ3v) is 15.4. The van der Waals surface area contributed by atoms with Crippen molar-refractivity contribution in [2.75, 3.05) is 0 Å². The van der Waals surface area contributed by atoms with Crippen LogP contribution in [-0.2, 0) is 5.41 Å². The first-order chi connectivity index (χ1) is 14.0. The van der Waals surface area contributed by atoms with E-state index in [2.05, 4.69) is 79.7 Å². The predicted octanol–water partition coefficient (Wildman–Crippen LogP) is 7.79. The highest BCUT2D eigenvalue weighted by atomic mass is 32.1. The van der Waals surface area contributed by atoms with E-state index in [1.54, 1.807) is 9.75 Å². The second-order valence-electron chi connectivity index (χ2n) is 10.0. The van der Waals surface area contributed by atoms with Crippen molar-refractivity contribution in [1.82, 2.24) is 0 Å². The zero-order valence-corrected chi connectivity index (χ0v) is 22.2. The molecule has 1 aliphatic rings. The van der Waals surface area contributed by atoms with Crippen molar-refractivity contribution in [2.24, 2.45) is 0 Å². The molecule has 0 aliphatic heterocycles. The molecule has 160 valence electrons. The Labute approximate surface area is 190 Å². The van der Waals surface area contributed by atoms with Crippen LogP contribution in [0.25, 0.3) is 11.1 Å². The van der Waals surface area contributed by atoms with E-state index in [-0.39, 0.29) is 5.41 Å². The van der Waals surface area contributed by atoms with Gasteiger partial charge in [-0.25, -0.2) is 0 Å². The van der Waals surface area contributed by atoms with E-state index in [4.69, 9.17) is 0 Å². The second-order valence-corrected chi connectivity index (χ2v) is 17.4. The van der Waals surface area contributed by atoms with E-state index >= 15 is 0 Å². The van der Waals surface area contributed by atoms with Crippen LogP contribution >= 0.6 is 22.7 Å². The molecule has 0 saturated carbocycles. The van der Waals surface area contributed by atoms with Crippen LogP contribution in [0.4, 0.5) is 0 Å².